The summed E-state index contributed by atoms with van der Waals surface area (Å²) in [6.07, 6.45) is 1.80. The SMILES string of the molecule is C[C@@H]1CNC[C@H]1c1nncn1-c1ccccc1. The molecule has 3 rings (SSSR count). The van der Waals surface area contributed by atoms with Crippen LogP contribution in [0.1, 0.15) is 18.7 Å². The first-order chi connectivity index (χ1) is 8.36. The highest BCUT2D eigenvalue weighted by Crippen LogP contribution is 2.27. The van der Waals surface area contributed by atoms with E-state index in [4.69, 9.17) is 0 Å². The molecule has 0 unspecified atom stereocenters. The Kier molecular flexibility index (Phi) is 2.65. The van der Waals surface area contributed by atoms with Crippen molar-refractivity contribution in [2.45, 2.75) is 12.8 Å². The van der Waals surface area contributed by atoms with Gasteiger partial charge in [-0.05, 0) is 24.6 Å². The van der Waals surface area contributed by atoms with Crippen molar-refractivity contribution in [3.05, 3.63) is 42.5 Å². The zero-order valence-electron chi connectivity index (χ0n) is 9.87. The predicted molar refractivity (Wildman–Crippen MR) is 66.1 cm³/mol. The number of nitrogens with one attached hydrogen (secondary N) is 1. The standard InChI is InChI=1S/C13H16N4/c1-10-7-14-8-12(10)13-16-15-9-17(13)11-5-3-2-4-6-11/h2-6,9-10,12,14H,7-8H2,1H3/t10-,12-/m1/s1. The summed E-state index contributed by atoms with van der Waals surface area (Å²) in [6.45, 7) is 4.31. The van der Waals surface area contributed by atoms with Gasteiger partial charge in [0.25, 0.3) is 0 Å². The monoisotopic (exact) mass is 228 g/mol. The van der Waals surface area contributed by atoms with Gasteiger partial charge in [-0.15, -0.1) is 10.2 Å². The maximum atomic E-state index is 4.30. The molecule has 1 saturated heterocycles. The van der Waals surface area contributed by atoms with Gasteiger partial charge in [0, 0.05) is 18.2 Å². The first-order valence-electron chi connectivity index (χ1n) is 6.02. The topological polar surface area (TPSA) is 42.7 Å². The van der Waals surface area contributed by atoms with E-state index in [-0.39, 0.29) is 0 Å². The van der Waals surface area contributed by atoms with Gasteiger partial charge < -0.3 is 5.32 Å². The number of rotatable bonds is 2. The van der Waals surface area contributed by atoms with E-state index in [2.05, 4.69) is 39.1 Å². The van der Waals surface area contributed by atoms with Crippen LogP contribution in [-0.4, -0.2) is 27.9 Å². The molecule has 17 heavy (non-hydrogen) atoms. The fourth-order valence-electron chi connectivity index (χ4n) is 2.44. The Morgan fingerprint density at radius 1 is 1.24 bits per heavy atom. The largest absolute Gasteiger partial charge is 0.316 e. The lowest BCUT2D eigenvalue weighted by atomic mass is 9.97. The summed E-state index contributed by atoms with van der Waals surface area (Å²) < 4.78 is 2.09. The number of benzene rings is 1. The van der Waals surface area contributed by atoms with Crippen molar-refractivity contribution in [3.8, 4) is 5.69 Å². The molecule has 2 aromatic rings. The normalized spacial score (nSPS) is 24.1. The van der Waals surface area contributed by atoms with E-state index in [9.17, 15) is 0 Å². The number of hydrogen-bond acceptors (Lipinski definition) is 3. The highest BCUT2D eigenvalue weighted by Gasteiger charge is 2.28. The van der Waals surface area contributed by atoms with Crippen LogP contribution < -0.4 is 5.32 Å². The molecule has 1 aromatic heterocycles. The third kappa shape index (κ3) is 1.85. The molecule has 0 saturated carbocycles. The van der Waals surface area contributed by atoms with Crippen LogP contribution in [0.4, 0.5) is 0 Å². The smallest absolute Gasteiger partial charge is 0.142 e. The Hall–Kier alpha value is -1.68. The summed E-state index contributed by atoms with van der Waals surface area (Å²) in [7, 11) is 0. The Bertz CT molecular complexity index is 491. The van der Waals surface area contributed by atoms with Crippen molar-refractivity contribution in [2.24, 2.45) is 5.92 Å². The summed E-state index contributed by atoms with van der Waals surface area (Å²) >= 11 is 0. The van der Waals surface area contributed by atoms with Gasteiger partial charge in [-0.1, -0.05) is 25.1 Å². The van der Waals surface area contributed by atoms with Crippen molar-refractivity contribution in [1.29, 1.82) is 0 Å². The van der Waals surface area contributed by atoms with Crippen LogP contribution >= 0.6 is 0 Å². The van der Waals surface area contributed by atoms with Gasteiger partial charge in [-0.2, -0.15) is 0 Å². The quantitative estimate of drug-likeness (QED) is 0.848. The highest BCUT2D eigenvalue weighted by molar-refractivity contribution is 5.33. The molecule has 0 radical (unpaired) electrons. The van der Waals surface area contributed by atoms with E-state index < -0.39 is 0 Å². The lowest BCUT2D eigenvalue weighted by Crippen LogP contribution is -2.13. The zero-order valence-corrected chi connectivity index (χ0v) is 9.87. The Morgan fingerprint density at radius 3 is 2.76 bits per heavy atom. The molecule has 1 aromatic carbocycles. The van der Waals surface area contributed by atoms with Crippen LogP contribution in [0.15, 0.2) is 36.7 Å². The summed E-state index contributed by atoms with van der Waals surface area (Å²) in [5.41, 5.74) is 1.13. The van der Waals surface area contributed by atoms with Crippen LogP contribution in [0.3, 0.4) is 0 Å². The molecular weight excluding hydrogens is 212 g/mol. The molecular formula is C13H16N4. The Balaban J connectivity index is 2.00. The predicted octanol–water partition coefficient (Wildman–Crippen LogP) is 1.59. The van der Waals surface area contributed by atoms with Gasteiger partial charge in [0.1, 0.15) is 12.2 Å². The number of nitrogens with zero attached hydrogens (tertiary/aromatic N) is 3. The van der Waals surface area contributed by atoms with E-state index in [1.165, 1.54) is 0 Å². The van der Waals surface area contributed by atoms with Crippen LogP contribution in [0, 0.1) is 5.92 Å². The maximum absolute atomic E-state index is 4.30. The summed E-state index contributed by atoms with van der Waals surface area (Å²) in [5, 5.41) is 11.8. The van der Waals surface area contributed by atoms with Gasteiger partial charge in [-0.3, -0.25) is 4.57 Å². The van der Waals surface area contributed by atoms with Gasteiger partial charge in [-0.25, -0.2) is 0 Å². The fraction of sp³-hybridized carbons (Fsp3) is 0.385. The van der Waals surface area contributed by atoms with E-state index in [0.717, 1.165) is 24.6 Å². The van der Waals surface area contributed by atoms with Gasteiger partial charge >= 0.3 is 0 Å². The average molecular weight is 228 g/mol. The number of para-hydroxylation sites is 1. The van der Waals surface area contributed by atoms with E-state index in [1.807, 2.05) is 18.2 Å². The van der Waals surface area contributed by atoms with Crippen LogP contribution in [0.25, 0.3) is 5.69 Å². The van der Waals surface area contributed by atoms with Crippen molar-refractivity contribution >= 4 is 0 Å². The molecule has 0 amide bonds. The van der Waals surface area contributed by atoms with Crippen molar-refractivity contribution < 1.29 is 0 Å². The van der Waals surface area contributed by atoms with Crippen LogP contribution in [0.2, 0.25) is 0 Å². The van der Waals surface area contributed by atoms with Crippen molar-refractivity contribution in [2.75, 3.05) is 13.1 Å². The Labute approximate surface area is 101 Å². The summed E-state index contributed by atoms with van der Waals surface area (Å²) in [5.74, 6) is 2.13. The molecule has 1 aliphatic heterocycles. The van der Waals surface area contributed by atoms with E-state index in [1.54, 1.807) is 6.33 Å². The van der Waals surface area contributed by atoms with Crippen molar-refractivity contribution in [1.82, 2.24) is 20.1 Å². The first kappa shape index (κ1) is 10.5. The molecule has 2 atom stereocenters. The minimum absolute atomic E-state index is 0.456. The van der Waals surface area contributed by atoms with Gasteiger partial charge in [0.15, 0.2) is 0 Å². The van der Waals surface area contributed by atoms with E-state index in [0.29, 0.717) is 11.8 Å². The molecule has 1 N–H and O–H groups in total. The molecule has 1 fully saturated rings. The first-order valence-corrected chi connectivity index (χ1v) is 6.02. The van der Waals surface area contributed by atoms with Crippen LogP contribution in [-0.2, 0) is 0 Å². The maximum Gasteiger partial charge on any atom is 0.142 e. The zero-order chi connectivity index (χ0) is 11.7. The number of aromatic nitrogens is 3. The second-order valence-electron chi connectivity index (χ2n) is 4.64. The second-order valence-corrected chi connectivity index (χ2v) is 4.64. The minimum atomic E-state index is 0.456. The van der Waals surface area contributed by atoms with E-state index >= 15 is 0 Å². The molecule has 1 aliphatic rings. The van der Waals surface area contributed by atoms with Gasteiger partial charge in [0.2, 0.25) is 0 Å². The average Bonchev–Trinajstić information content (AvgIpc) is 2.98. The van der Waals surface area contributed by atoms with Gasteiger partial charge in [0.05, 0.1) is 0 Å². The molecule has 0 spiro atoms. The molecule has 88 valence electrons. The summed E-state index contributed by atoms with van der Waals surface area (Å²) in [4.78, 5) is 0. The lowest BCUT2D eigenvalue weighted by molar-refractivity contribution is 0.538. The van der Waals surface area contributed by atoms with Crippen LogP contribution in [0.5, 0.6) is 0 Å². The fourth-order valence-corrected chi connectivity index (χ4v) is 2.44. The highest BCUT2D eigenvalue weighted by atomic mass is 15.3. The molecule has 0 bridgehead atoms. The lowest BCUT2D eigenvalue weighted by Gasteiger charge is -2.14. The number of hydrogen-bond donors (Lipinski definition) is 1. The molecule has 0 aliphatic carbocycles. The van der Waals surface area contributed by atoms with Crippen molar-refractivity contribution in [3.63, 3.8) is 0 Å². The Morgan fingerprint density at radius 2 is 2.06 bits per heavy atom. The second kappa shape index (κ2) is 4.30. The molecule has 2 heterocycles. The molecule has 4 nitrogen and oxygen atoms in total. The molecule has 4 heteroatoms. The summed E-state index contributed by atoms with van der Waals surface area (Å²) in [6, 6.07) is 10.3. The minimum Gasteiger partial charge on any atom is -0.316 e. The third-order valence-electron chi connectivity index (χ3n) is 3.46. The third-order valence-corrected chi connectivity index (χ3v) is 3.46.